The lowest BCUT2D eigenvalue weighted by atomic mass is 10.2. The van der Waals surface area contributed by atoms with Crippen LogP contribution in [-0.4, -0.2) is 38.6 Å². The average Bonchev–Trinajstić information content (AvgIpc) is 2.29. The van der Waals surface area contributed by atoms with E-state index in [1.807, 2.05) is 0 Å². The first kappa shape index (κ1) is 15.4. The molecule has 0 aliphatic rings. The number of benzene rings is 1. The Morgan fingerprint density at radius 2 is 1.94 bits per heavy atom. The highest BCUT2D eigenvalue weighted by atomic mass is 16.5. The van der Waals surface area contributed by atoms with E-state index in [2.05, 4.69) is 25.9 Å². The predicted octanol–water partition coefficient (Wildman–Crippen LogP) is 1.75. The molecule has 1 rings (SSSR count). The third-order valence-corrected chi connectivity index (χ3v) is 2.04. The van der Waals surface area contributed by atoms with Crippen molar-refractivity contribution in [1.29, 1.82) is 0 Å². The number of rotatable bonds is 4. The van der Waals surface area contributed by atoms with E-state index in [4.69, 9.17) is 10.5 Å². The zero-order valence-electron chi connectivity index (χ0n) is 11.1. The molecule has 0 bridgehead atoms. The van der Waals surface area contributed by atoms with Crippen LogP contribution in [0.15, 0.2) is 24.3 Å². The summed E-state index contributed by atoms with van der Waals surface area (Å²) < 4.78 is 4.91. The lowest BCUT2D eigenvalue weighted by molar-refractivity contribution is 0.0997. The van der Waals surface area contributed by atoms with Crippen LogP contribution in [0.5, 0.6) is 5.75 Å². The summed E-state index contributed by atoms with van der Waals surface area (Å²) in [6.07, 6.45) is 1.26. The van der Waals surface area contributed by atoms with Crippen molar-refractivity contribution in [3.8, 4) is 5.75 Å². The first-order valence-electron chi connectivity index (χ1n) is 5.60. The molecule has 17 heavy (non-hydrogen) atoms. The van der Waals surface area contributed by atoms with E-state index in [0.717, 1.165) is 0 Å². The zero-order valence-corrected chi connectivity index (χ0v) is 11.1. The minimum atomic E-state index is -0.470. The number of hydrogen-bond donors (Lipinski definition) is 1. The number of primary amides is 1. The predicted molar refractivity (Wildman–Crippen MR) is 70.4 cm³/mol. The van der Waals surface area contributed by atoms with Gasteiger partial charge in [0.2, 0.25) is 0 Å². The number of hydrogen-bond acceptors (Lipinski definition) is 3. The van der Waals surface area contributed by atoms with Crippen molar-refractivity contribution in [2.45, 2.75) is 13.3 Å². The largest absolute Gasteiger partial charge is 0.496 e. The van der Waals surface area contributed by atoms with Crippen LogP contribution in [0.4, 0.5) is 0 Å². The van der Waals surface area contributed by atoms with E-state index < -0.39 is 5.91 Å². The van der Waals surface area contributed by atoms with Crippen molar-refractivity contribution in [3.05, 3.63) is 29.8 Å². The fraction of sp³-hybridized carbons (Fsp3) is 0.462. The van der Waals surface area contributed by atoms with Crippen LogP contribution < -0.4 is 10.5 Å². The van der Waals surface area contributed by atoms with E-state index in [1.54, 1.807) is 24.3 Å². The van der Waals surface area contributed by atoms with Crippen LogP contribution in [0.2, 0.25) is 0 Å². The monoisotopic (exact) mass is 238 g/mol. The number of amides is 1. The highest BCUT2D eigenvalue weighted by Gasteiger charge is 2.05. The Morgan fingerprint density at radius 3 is 2.24 bits per heavy atom. The summed E-state index contributed by atoms with van der Waals surface area (Å²) >= 11 is 0. The highest BCUT2D eigenvalue weighted by molar-refractivity contribution is 5.95. The van der Waals surface area contributed by atoms with Crippen molar-refractivity contribution in [3.63, 3.8) is 0 Å². The standard InChI is InChI=1S/C8H9NO2.C5H13N/c1-11-7-5-3-2-4-6(7)8(9)10;1-4-5-6(2)3/h2-5H,1H3,(H2,9,10);4-5H2,1-3H3. The lowest BCUT2D eigenvalue weighted by Gasteiger charge is -2.03. The van der Waals surface area contributed by atoms with Gasteiger partial charge in [-0.25, -0.2) is 0 Å². The minimum absolute atomic E-state index is 0.412. The van der Waals surface area contributed by atoms with Gasteiger partial charge in [-0.05, 0) is 39.2 Å². The molecule has 4 heteroatoms. The van der Waals surface area contributed by atoms with Crippen molar-refractivity contribution < 1.29 is 9.53 Å². The molecule has 0 fully saturated rings. The first-order valence-corrected chi connectivity index (χ1v) is 5.60. The molecular formula is C13H22N2O2. The van der Waals surface area contributed by atoms with Gasteiger partial charge < -0.3 is 15.4 Å². The lowest BCUT2D eigenvalue weighted by Crippen LogP contribution is -2.11. The summed E-state index contributed by atoms with van der Waals surface area (Å²) in [5, 5.41) is 0. The summed E-state index contributed by atoms with van der Waals surface area (Å²) in [6, 6.07) is 6.84. The second-order valence-corrected chi connectivity index (χ2v) is 3.87. The molecule has 0 radical (unpaired) electrons. The van der Waals surface area contributed by atoms with E-state index >= 15 is 0 Å². The maximum absolute atomic E-state index is 10.7. The molecule has 0 aromatic heterocycles. The van der Waals surface area contributed by atoms with Gasteiger partial charge in [-0.3, -0.25) is 4.79 Å². The molecular weight excluding hydrogens is 216 g/mol. The van der Waals surface area contributed by atoms with Crippen molar-refractivity contribution in [1.82, 2.24) is 4.90 Å². The summed E-state index contributed by atoms with van der Waals surface area (Å²) in [4.78, 5) is 12.9. The molecule has 0 aliphatic heterocycles. The van der Waals surface area contributed by atoms with Gasteiger partial charge in [0.25, 0.3) is 5.91 Å². The van der Waals surface area contributed by atoms with E-state index in [1.165, 1.54) is 20.1 Å². The Morgan fingerprint density at radius 1 is 1.35 bits per heavy atom. The molecule has 4 nitrogen and oxygen atoms in total. The fourth-order valence-electron chi connectivity index (χ4n) is 1.30. The summed E-state index contributed by atoms with van der Waals surface area (Å²) in [7, 11) is 5.68. The first-order chi connectivity index (χ1) is 8.02. The van der Waals surface area contributed by atoms with Gasteiger partial charge in [0.1, 0.15) is 5.75 Å². The molecule has 0 unspecified atom stereocenters. The van der Waals surface area contributed by atoms with Crippen molar-refractivity contribution >= 4 is 5.91 Å². The summed E-state index contributed by atoms with van der Waals surface area (Å²) in [6.45, 7) is 3.39. The molecule has 2 N–H and O–H groups in total. The number of methoxy groups -OCH3 is 1. The van der Waals surface area contributed by atoms with E-state index in [-0.39, 0.29) is 0 Å². The molecule has 0 saturated carbocycles. The van der Waals surface area contributed by atoms with Crippen LogP contribution in [0.3, 0.4) is 0 Å². The Kier molecular flexibility index (Phi) is 7.80. The van der Waals surface area contributed by atoms with Gasteiger partial charge in [0.05, 0.1) is 12.7 Å². The number of nitrogens with zero attached hydrogens (tertiary/aromatic N) is 1. The SMILES string of the molecule is CCCN(C)C.COc1ccccc1C(N)=O. The van der Waals surface area contributed by atoms with Gasteiger partial charge in [-0.2, -0.15) is 0 Å². The summed E-state index contributed by atoms with van der Waals surface area (Å²) in [5.41, 5.74) is 5.48. The number of para-hydroxylation sites is 1. The van der Waals surface area contributed by atoms with Crippen LogP contribution in [0, 0.1) is 0 Å². The van der Waals surface area contributed by atoms with Crippen molar-refractivity contribution in [2.75, 3.05) is 27.7 Å². The second kappa shape index (κ2) is 8.58. The number of carbonyl (C=O) groups excluding carboxylic acids is 1. The Hall–Kier alpha value is -1.55. The third kappa shape index (κ3) is 6.58. The number of nitrogens with two attached hydrogens (primary N) is 1. The second-order valence-electron chi connectivity index (χ2n) is 3.87. The third-order valence-electron chi connectivity index (χ3n) is 2.04. The molecule has 1 aromatic rings. The smallest absolute Gasteiger partial charge is 0.252 e. The molecule has 1 aromatic carbocycles. The molecule has 1 amide bonds. The Bertz CT molecular complexity index is 338. The van der Waals surface area contributed by atoms with Gasteiger partial charge in [-0.15, -0.1) is 0 Å². The fourth-order valence-corrected chi connectivity index (χ4v) is 1.30. The van der Waals surface area contributed by atoms with Gasteiger partial charge in [0, 0.05) is 0 Å². The molecule has 0 aliphatic carbocycles. The number of carbonyl (C=O) groups is 1. The van der Waals surface area contributed by atoms with Gasteiger partial charge in [0.15, 0.2) is 0 Å². The Labute approximate surface area is 103 Å². The molecule has 0 atom stereocenters. The van der Waals surface area contributed by atoms with Crippen LogP contribution in [-0.2, 0) is 0 Å². The van der Waals surface area contributed by atoms with Gasteiger partial charge in [-0.1, -0.05) is 19.1 Å². The quantitative estimate of drug-likeness (QED) is 0.869. The van der Waals surface area contributed by atoms with Crippen LogP contribution in [0.25, 0.3) is 0 Å². The zero-order chi connectivity index (χ0) is 13.3. The Balaban J connectivity index is 0.000000366. The highest BCUT2D eigenvalue weighted by Crippen LogP contribution is 2.15. The van der Waals surface area contributed by atoms with Crippen LogP contribution in [0.1, 0.15) is 23.7 Å². The van der Waals surface area contributed by atoms with E-state index in [0.29, 0.717) is 11.3 Å². The van der Waals surface area contributed by atoms with Crippen LogP contribution >= 0.6 is 0 Å². The molecule has 0 spiro atoms. The maximum atomic E-state index is 10.7. The van der Waals surface area contributed by atoms with Gasteiger partial charge >= 0.3 is 0 Å². The average molecular weight is 238 g/mol. The van der Waals surface area contributed by atoms with E-state index in [9.17, 15) is 4.79 Å². The summed E-state index contributed by atoms with van der Waals surface area (Å²) in [5.74, 6) is 0.0439. The molecule has 0 saturated heterocycles. The minimum Gasteiger partial charge on any atom is -0.496 e. The normalized spacial score (nSPS) is 9.47. The molecule has 96 valence electrons. The maximum Gasteiger partial charge on any atom is 0.252 e. The number of ether oxygens (including phenoxy) is 1. The topological polar surface area (TPSA) is 55.6 Å². The molecule has 0 heterocycles. The van der Waals surface area contributed by atoms with Crippen molar-refractivity contribution in [2.24, 2.45) is 5.73 Å².